The molecule has 2 fully saturated rings. The summed E-state index contributed by atoms with van der Waals surface area (Å²) >= 11 is 0. The van der Waals surface area contributed by atoms with E-state index in [9.17, 15) is 4.79 Å². The maximum Gasteiger partial charge on any atom is 0.410 e. The third kappa shape index (κ3) is 5.89. The van der Waals surface area contributed by atoms with Crippen LogP contribution in [0.5, 0.6) is 0 Å². The second kappa shape index (κ2) is 11.3. The Bertz CT molecular complexity index is 1510. The van der Waals surface area contributed by atoms with E-state index in [2.05, 4.69) is 76.0 Å². The number of hydrogen-bond acceptors (Lipinski definition) is 6. The van der Waals surface area contributed by atoms with Gasteiger partial charge in [0.05, 0.1) is 11.0 Å². The number of nitrogens with zero attached hydrogens (tertiary/aromatic N) is 6. The Morgan fingerprint density at radius 3 is 2.29 bits per heavy atom. The van der Waals surface area contributed by atoms with Gasteiger partial charge in [0, 0.05) is 56.8 Å². The number of likely N-dealkylation sites (N-methyl/N-ethyl adjacent to an activating group) is 1. The number of likely N-dealkylation sites (tertiary alicyclic amines) is 1. The summed E-state index contributed by atoms with van der Waals surface area (Å²) in [5.74, 6) is 2.54. The number of imidazole rings is 1. The number of para-hydroxylation sites is 1. The summed E-state index contributed by atoms with van der Waals surface area (Å²) in [6, 6.07) is 19.0. The van der Waals surface area contributed by atoms with Crippen molar-refractivity contribution in [1.82, 2.24) is 24.3 Å². The Morgan fingerprint density at radius 1 is 0.902 bits per heavy atom. The van der Waals surface area contributed by atoms with Crippen molar-refractivity contribution in [3.8, 4) is 11.4 Å². The highest BCUT2D eigenvalue weighted by Crippen LogP contribution is 2.36. The molecule has 2 saturated heterocycles. The zero-order valence-electron chi connectivity index (χ0n) is 24.8. The van der Waals surface area contributed by atoms with Crippen molar-refractivity contribution in [3.05, 3.63) is 54.6 Å². The Hall–Kier alpha value is -3.65. The highest BCUT2D eigenvalue weighted by molar-refractivity contribution is 6.08. The van der Waals surface area contributed by atoms with Gasteiger partial charge in [0.25, 0.3) is 0 Å². The topological polar surface area (TPSA) is 66.7 Å². The number of anilines is 1. The molecule has 0 N–H and O–H groups in total. The fraction of sp³-hybridized carbons (Fsp3) is 0.485. The molecule has 0 atom stereocenters. The van der Waals surface area contributed by atoms with Crippen molar-refractivity contribution in [2.45, 2.75) is 52.2 Å². The van der Waals surface area contributed by atoms with Gasteiger partial charge in [-0.25, -0.2) is 14.8 Å². The number of pyridine rings is 1. The third-order valence-electron chi connectivity index (χ3n) is 8.43. The Kier molecular flexibility index (Phi) is 7.60. The second-order valence-electron chi connectivity index (χ2n) is 12.6. The fourth-order valence-electron chi connectivity index (χ4n) is 6.13. The number of ether oxygens (including phenoxy) is 1. The molecule has 216 valence electrons. The number of fused-ring (bicyclic) bond motifs is 3. The number of carbonyl (C=O) groups excluding carboxylic acids is 1. The standard InChI is InChI=1S/C33H42N6O2/c1-33(2,3)41-32(40)38-17-14-24(15-18-38)16-19-39-29-26-12-8-9-13-27(26)34-31(37-22-20-36(4)21-23-37)28(29)35-30(39)25-10-6-5-7-11-25/h5-13,24H,14-23H2,1-4H3. The van der Waals surface area contributed by atoms with Crippen molar-refractivity contribution >= 4 is 33.8 Å². The van der Waals surface area contributed by atoms with Crippen LogP contribution in [-0.4, -0.2) is 82.3 Å². The summed E-state index contributed by atoms with van der Waals surface area (Å²) in [6.45, 7) is 12.1. The van der Waals surface area contributed by atoms with Crippen molar-refractivity contribution < 1.29 is 9.53 Å². The maximum absolute atomic E-state index is 12.6. The maximum atomic E-state index is 12.6. The van der Waals surface area contributed by atoms with Crippen LogP contribution in [0.2, 0.25) is 0 Å². The second-order valence-corrected chi connectivity index (χ2v) is 12.6. The molecule has 0 aliphatic carbocycles. The minimum atomic E-state index is -0.467. The average molecular weight is 555 g/mol. The lowest BCUT2D eigenvalue weighted by molar-refractivity contribution is 0.0180. The van der Waals surface area contributed by atoms with Crippen LogP contribution >= 0.6 is 0 Å². The number of aromatic nitrogens is 3. The van der Waals surface area contributed by atoms with E-state index in [1.165, 1.54) is 5.52 Å². The third-order valence-corrected chi connectivity index (χ3v) is 8.43. The van der Waals surface area contributed by atoms with Gasteiger partial charge in [0.1, 0.15) is 16.9 Å². The highest BCUT2D eigenvalue weighted by atomic mass is 16.6. The molecule has 1 amide bonds. The zero-order chi connectivity index (χ0) is 28.6. The predicted molar refractivity (Wildman–Crippen MR) is 165 cm³/mol. The van der Waals surface area contributed by atoms with E-state index in [0.717, 1.165) is 98.7 Å². The number of amides is 1. The molecule has 0 radical (unpaired) electrons. The van der Waals surface area contributed by atoms with Gasteiger partial charge in [-0.2, -0.15) is 0 Å². The monoisotopic (exact) mass is 554 g/mol. The number of piperidine rings is 1. The minimum absolute atomic E-state index is 0.196. The van der Waals surface area contributed by atoms with E-state index < -0.39 is 5.60 Å². The number of carbonyl (C=O) groups is 1. The molecule has 8 heteroatoms. The van der Waals surface area contributed by atoms with E-state index in [0.29, 0.717) is 5.92 Å². The lowest BCUT2D eigenvalue weighted by atomic mass is 9.93. The number of piperazine rings is 1. The van der Waals surface area contributed by atoms with Crippen molar-refractivity contribution in [2.24, 2.45) is 5.92 Å². The van der Waals surface area contributed by atoms with Gasteiger partial charge < -0.3 is 24.0 Å². The molecule has 2 aromatic carbocycles. The Labute approximate surface area is 242 Å². The summed E-state index contributed by atoms with van der Waals surface area (Å²) in [7, 11) is 2.18. The van der Waals surface area contributed by atoms with Crippen LogP contribution in [0.3, 0.4) is 0 Å². The van der Waals surface area contributed by atoms with E-state index in [-0.39, 0.29) is 6.09 Å². The molecule has 4 heterocycles. The first kappa shape index (κ1) is 27.5. The summed E-state index contributed by atoms with van der Waals surface area (Å²) in [5, 5.41) is 1.15. The van der Waals surface area contributed by atoms with Crippen molar-refractivity contribution in [3.63, 3.8) is 0 Å². The molecule has 4 aromatic rings. The summed E-state index contributed by atoms with van der Waals surface area (Å²) in [5.41, 5.74) is 3.84. The van der Waals surface area contributed by atoms with Crippen molar-refractivity contribution in [2.75, 3.05) is 51.2 Å². The van der Waals surface area contributed by atoms with Crippen LogP contribution in [0.15, 0.2) is 54.6 Å². The molecule has 2 aliphatic rings. The van der Waals surface area contributed by atoms with Crippen LogP contribution in [0, 0.1) is 5.92 Å². The SMILES string of the molecule is CN1CCN(c2nc3ccccc3c3c2nc(-c2ccccc2)n3CCC2CCN(C(=O)OC(C)(C)C)CC2)CC1. The summed E-state index contributed by atoms with van der Waals surface area (Å²) in [4.78, 5) is 29.8. The summed E-state index contributed by atoms with van der Waals surface area (Å²) in [6.07, 6.45) is 2.81. The smallest absolute Gasteiger partial charge is 0.410 e. The van der Waals surface area contributed by atoms with Gasteiger partial charge in [-0.15, -0.1) is 0 Å². The molecule has 6 rings (SSSR count). The average Bonchev–Trinajstić information content (AvgIpc) is 3.36. The number of aryl methyl sites for hydroxylation is 1. The molecular weight excluding hydrogens is 512 g/mol. The van der Waals surface area contributed by atoms with Crippen LogP contribution in [-0.2, 0) is 11.3 Å². The molecule has 0 spiro atoms. The van der Waals surface area contributed by atoms with Crippen LogP contribution in [0.1, 0.15) is 40.0 Å². The van der Waals surface area contributed by atoms with Gasteiger partial charge >= 0.3 is 6.09 Å². The molecule has 2 aliphatic heterocycles. The lowest BCUT2D eigenvalue weighted by Gasteiger charge is -2.33. The normalized spacial score (nSPS) is 17.5. The largest absolute Gasteiger partial charge is 0.444 e. The van der Waals surface area contributed by atoms with Crippen LogP contribution in [0.4, 0.5) is 10.6 Å². The molecule has 2 aromatic heterocycles. The molecule has 41 heavy (non-hydrogen) atoms. The van der Waals surface area contributed by atoms with Gasteiger partial charge in [0.2, 0.25) is 0 Å². The summed E-state index contributed by atoms with van der Waals surface area (Å²) < 4.78 is 8.05. The quantitative estimate of drug-likeness (QED) is 0.300. The van der Waals surface area contributed by atoms with Crippen molar-refractivity contribution in [1.29, 1.82) is 0 Å². The number of benzene rings is 2. The molecule has 0 saturated carbocycles. The molecular formula is C33H42N6O2. The highest BCUT2D eigenvalue weighted by Gasteiger charge is 2.28. The van der Waals surface area contributed by atoms with E-state index in [1.807, 2.05) is 25.7 Å². The molecule has 0 bridgehead atoms. The van der Waals surface area contributed by atoms with Crippen LogP contribution in [0.25, 0.3) is 33.3 Å². The lowest BCUT2D eigenvalue weighted by Crippen LogP contribution is -2.44. The minimum Gasteiger partial charge on any atom is -0.444 e. The zero-order valence-corrected chi connectivity index (χ0v) is 24.8. The van der Waals surface area contributed by atoms with E-state index in [4.69, 9.17) is 14.7 Å². The number of rotatable bonds is 5. The van der Waals surface area contributed by atoms with Gasteiger partial charge in [0.15, 0.2) is 5.82 Å². The fourth-order valence-corrected chi connectivity index (χ4v) is 6.13. The first-order chi connectivity index (χ1) is 19.8. The van der Waals surface area contributed by atoms with E-state index >= 15 is 0 Å². The van der Waals surface area contributed by atoms with E-state index in [1.54, 1.807) is 0 Å². The van der Waals surface area contributed by atoms with Gasteiger partial charge in [-0.3, -0.25) is 0 Å². The molecule has 8 nitrogen and oxygen atoms in total. The number of hydrogen-bond donors (Lipinski definition) is 0. The van der Waals surface area contributed by atoms with Gasteiger partial charge in [-0.1, -0.05) is 48.5 Å². The molecule has 0 unspecified atom stereocenters. The Morgan fingerprint density at radius 2 is 1.59 bits per heavy atom. The first-order valence-corrected chi connectivity index (χ1v) is 15.0. The van der Waals surface area contributed by atoms with Crippen LogP contribution < -0.4 is 4.90 Å². The first-order valence-electron chi connectivity index (χ1n) is 15.0. The van der Waals surface area contributed by atoms with Gasteiger partial charge in [-0.05, 0) is 59.1 Å². The predicted octanol–water partition coefficient (Wildman–Crippen LogP) is 6.04. The Balaban J connectivity index is 1.34.